The second kappa shape index (κ2) is 6.43. The molecular formula is C16H23FN2O2. The topological polar surface area (TPSA) is 55.6 Å². The van der Waals surface area contributed by atoms with Crippen molar-refractivity contribution in [1.82, 2.24) is 4.90 Å². The highest BCUT2D eigenvalue weighted by Crippen LogP contribution is 2.28. The van der Waals surface area contributed by atoms with Crippen molar-refractivity contribution in [3.05, 3.63) is 29.6 Å². The number of halogens is 1. The van der Waals surface area contributed by atoms with Gasteiger partial charge in [-0.15, -0.1) is 0 Å². The van der Waals surface area contributed by atoms with Crippen LogP contribution in [0, 0.1) is 5.82 Å². The lowest BCUT2D eigenvalue weighted by atomic mass is 9.81. The molecule has 116 valence electrons. The third-order valence-electron chi connectivity index (χ3n) is 4.15. The van der Waals surface area contributed by atoms with E-state index >= 15 is 0 Å². The molecule has 0 saturated heterocycles. The molecule has 21 heavy (non-hydrogen) atoms. The van der Waals surface area contributed by atoms with Crippen LogP contribution in [0.2, 0.25) is 0 Å². The first-order valence-corrected chi connectivity index (χ1v) is 7.33. The van der Waals surface area contributed by atoms with Crippen LogP contribution in [0.3, 0.4) is 0 Å². The molecular weight excluding hydrogens is 271 g/mol. The minimum Gasteiger partial charge on any atom is -0.494 e. The highest BCUT2D eigenvalue weighted by Gasteiger charge is 2.37. The molecule has 0 heterocycles. The van der Waals surface area contributed by atoms with E-state index in [4.69, 9.17) is 10.5 Å². The minimum absolute atomic E-state index is 0.0570. The summed E-state index contributed by atoms with van der Waals surface area (Å²) >= 11 is 0. The maximum absolute atomic E-state index is 13.7. The molecule has 0 bridgehead atoms. The maximum Gasteiger partial charge on any atom is 0.242 e. The number of hydrogen-bond donors (Lipinski definition) is 1. The summed E-state index contributed by atoms with van der Waals surface area (Å²) in [4.78, 5) is 14.1. The van der Waals surface area contributed by atoms with E-state index < -0.39 is 11.4 Å². The van der Waals surface area contributed by atoms with E-state index in [9.17, 15) is 9.18 Å². The molecule has 1 saturated carbocycles. The molecule has 4 nitrogen and oxygen atoms in total. The van der Waals surface area contributed by atoms with Crippen LogP contribution >= 0.6 is 0 Å². The summed E-state index contributed by atoms with van der Waals surface area (Å²) < 4.78 is 18.6. The summed E-state index contributed by atoms with van der Waals surface area (Å²) in [7, 11) is 3.14. The number of nitrogens with two attached hydrogens (primary N) is 1. The van der Waals surface area contributed by atoms with Crippen LogP contribution in [-0.4, -0.2) is 30.5 Å². The number of benzene rings is 1. The summed E-state index contributed by atoms with van der Waals surface area (Å²) in [5.74, 6) is -0.273. The van der Waals surface area contributed by atoms with Gasteiger partial charge < -0.3 is 15.4 Å². The number of nitrogens with zero attached hydrogens (tertiary/aromatic N) is 1. The second-order valence-electron chi connectivity index (χ2n) is 5.85. The number of amides is 1. The molecule has 0 aliphatic heterocycles. The van der Waals surface area contributed by atoms with Crippen molar-refractivity contribution in [3.63, 3.8) is 0 Å². The SMILES string of the molecule is COc1ccc(CN(C)C(=O)C2(N)CCCCC2)cc1F. The molecule has 1 aromatic carbocycles. The number of carbonyl (C=O) groups is 1. The fourth-order valence-electron chi connectivity index (χ4n) is 2.93. The van der Waals surface area contributed by atoms with Crippen LogP contribution in [-0.2, 0) is 11.3 Å². The second-order valence-corrected chi connectivity index (χ2v) is 5.85. The van der Waals surface area contributed by atoms with E-state index in [1.165, 1.54) is 13.2 Å². The summed E-state index contributed by atoms with van der Waals surface area (Å²) in [6, 6.07) is 4.73. The van der Waals surface area contributed by atoms with Gasteiger partial charge in [-0.05, 0) is 30.5 Å². The Morgan fingerprint density at radius 3 is 2.62 bits per heavy atom. The van der Waals surface area contributed by atoms with Crippen LogP contribution in [0.15, 0.2) is 18.2 Å². The van der Waals surface area contributed by atoms with Gasteiger partial charge in [0.2, 0.25) is 5.91 Å². The number of carbonyl (C=O) groups excluding carboxylic acids is 1. The van der Waals surface area contributed by atoms with Gasteiger partial charge >= 0.3 is 0 Å². The molecule has 1 aliphatic rings. The van der Waals surface area contributed by atoms with Gasteiger partial charge in [-0.1, -0.05) is 25.3 Å². The molecule has 2 rings (SSSR count). The lowest BCUT2D eigenvalue weighted by Gasteiger charge is -2.35. The Balaban J connectivity index is 2.05. The van der Waals surface area contributed by atoms with Crippen molar-refractivity contribution >= 4 is 5.91 Å². The van der Waals surface area contributed by atoms with Gasteiger partial charge in [0.1, 0.15) is 0 Å². The first-order valence-electron chi connectivity index (χ1n) is 7.33. The van der Waals surface area contributed by atoms with Crippen molar-refractivity contribution < 1.29 is 13.9 Å². The zero-order valence-corrected chi connectivity index (χ0v) is 12.7. The predicted molar refractivity (Wildman–Crippen MR) is 79.4 cm³/mol. The van der Waals surface area contributed by atoms with E-state index in [0.717, 1.165) is 37.7 Å². The smallest absolute Gasteiger partial charge is 0.242 e. The van der Waals surface area contributed by atoms with Gasteiger partial charge in [0, 0.05) is 13.6 Å². The molecule has 2 N–H and O–H groups in total. The summed E-state index contributed by atoms with van der Waals surface area (Å²) in [6.45, 7) is 0.346. The number of hydrogen-bond acceptors (Lipinski definition) is 3. The highest BCUT2D eigenvalue weighted by atomic mass is 19.1. The van der Waals surface area contributed by atoms with Crippen LogP contribution in [0.25, 0.3) is 0 Å². The monoisotopic (exact) mass is 294 g/mol. The first kappa shape index (κ1) is 15.8. The van der Waals surface area contributed by atoms with Gasteiger partial charge in [-0.3, -0.25) is 4.79 Å². The molecule has 5 heteroatoms. The van der Waals surface area contributed by atoms with Gasteiger partial charge in [-0.25, -0.2) is 4.39 Å². The van der Waals surface area contributed by atoms with Gasteiger partial charge in [0.25, 0.3) is 0 Å². The predicted octanol–water partition coefficient (Wildman–Crippen LogP) is 2.45. The summed E-state index contributed by atoms with van der Waals surface area (Å²) in [5, 5.41) is 0. The van der Waals surface area contributed by atoms with Gasteiger partial charge in [0.05, 0.1) is 12.6 Å². The Labute approximate surface area is 125 Å². The molecule has 0 unspecified atom stereocenters. The van der Waals surface area contributed by atoms with Crippen molar-refractivity contribution in [2.75, 3.05) is 14.2 Å². The fraction of sp³-hybridized carbons (Fsp3) is 0.562. The average molecular weight is 294 g/mol. The number of ether oxygens (including phenoxy) is 1. The Bertz CT molecular complexity index is 513. The Morgan fingerprint density at radius 2 is 2.05 bits per heavy atom. The third kappa shape index (κ3) is 3.53. The quantitative estimate of drug-likeness (QED) is 0.928. The molecule has 0 radical (unpaired) electrons. The minimum atomic E-state index is -0.752. The third-order valence-corrected chi connectivity index (χ3v) is 4.15. The van der Waals surface area contributed by atoms with E-state index in [0.29, 0.717) is 6.54 Å². The molecule has 0 atom stereocenters. The molecule has 0 aromatic heterocycles. The number of rotatable bonds is 4. The number of likely N-dealkylation sites (N-methyl/N-ethyl adjacent to an activating group) is 1. The first-order chi connectivity index (χ1) is 9.96. The van der Waals surface area contributed by atoms with Crippen LogP contribution in [0.4, 0.5) is 4.39 Å². The molecule has 1 amide bonds. The Morgan fingerprint density at radius 1 is 1.38 bits per heavy atom. The lowest BCUT2D eigenvalue weighted by Crippen LogP contribution is -2.55. The zero-order chi connectivity index (χ0) is 15.5. The summed E-state index contributed by atoms with van der Waals surface area (Å²) in [6.07, 6.45) is 4.58. The van der Waals surface area contributed by atoms with Crippen molar-refractivity contribution in [1.29, 1.82) is 0 Å². The molecule has 1 aromatic rings. The van der Waals surface area contributed by atoms with Crippen LogP contribution in [0.5, 0.6) is 5.75 Å². The molecule has 0 spiro atoms. The van der Waals surface area contributed by atoms with E-state index in [-0.39, 0.29) is 11.7 Å². The standard InChI is InChI=1S/C16H23FN2O2/c1-19(15(20)16(18)8-4-3-5-9-16)11-12-6-7-14(21-2)13(17)10-12/h6-7,10H,3-5,8-9,11,18H2,1-2H3. The van der Waals surface area contributed by atoms with Crippen molar-refractivity contribution in [3.8, 4) is 5.75 Å². The van der Waals surface area contributed by atoms with Crippen LogP contribution < -0.4 is 10.5 Å². The fourth-order valence-corrected chi connectivity index (χ4v) is 2.93. The number of methoxy groups -OCH3 is 1. The Hall–Kier alpha value is -1.62. The van der Waals surface area contributed by atoms with Crippen molar-refractivity contribution in [2.24, 2.45) is 5.73 Å². The molecule has 1 fully saturated rings. The van der Waals surface area contributed by atoms with E-state index in [2.05, 4.69) is 0 Å². The van der Waals surface area contributed by atoms with E-state index in [1.807, 2.05) is 0 Å². The van der Waals surface area contributed by atoms with Gasteiger partial charge in [-0.2, -0.15) is 0 Å². The zero-order valence-electron chi connectivity index (χ0n) is 12.7. The van der Waals surface area contributed by atoms with Crippen LogP contribution in [0.1, 0.15) is 37.7 Å². The maximum atomic E-state index is 13.7. The normalized spacial score (nSPS) is 17.3. The van der Waals surface area contributed by atoms with E-state index in [1.54, 1.807) is 24.1 Å². The Kier molecular flexibility index (Phi) is 4.83. The van der Waals surface area contributed by atoms with Gasteiger partial charge in [0.15, 0.2) is 11.6 Å². The highest BCUT2D eigenvalue weighted by molar-refractivity contribution is 5.86. The lowest BCUT2D eigenvalue weighted by molar-refractivity contribution is -0.137. The largest absolute Gasteiger partial charge is 0.494 e. The van der Waals surface area contributed by atoms with Crippen molar-refractivity contribution in [2.45, 2.75) is 44.2 Å². The average Bonchev–Trinajstić information content (AvgIpc) is 2.47. The summed E-state index contributed by atoms with van der Waals surface area (Å²) in [5.41, 5.74) is 6.22. The molecule has 1 aliphatic carbocycles.